The van der Waals surface area contributed by atoms with E-state index in [0.29, 0.717) is 6.04 Å². The van der Waals surface area contributed by atoms with E-state index in [1.165, 1.54) is 0 Å². The predicted molar refractivity (Wildman–Crippen MR) is 84.2 cm³/mol. The zero-order valence-electron chi connectivity index (χ0n) is 14.0. The average Bonchev–Trinajstić information content (AvgIpc) is 2.46. The van der Waals surface area contributed by atoms with E-state index >= 15 is 0 Å². The van der Waals surface area contributed by atoms with Crippen molar-refractivity contribution in [2.75, 3.05) is 53.0 Å². The van der Waals surface area contributed by atoms with E-state index in [1.54, 1.807) is 11.9 Å². The van der Waals surface area contributed by atoms with E-state index < -0.39 is 0 Å². The molecule has 6 heteroatoms. The van der Waals surface area contributed by atoms with Gasteiger partial charge in [0.05, 0.1) is 25.3 Å². The van der Waals surface area contributed by atoms with Crippen LogP contribution in [0.2, 0.25) is 0 Å². The number of ether oxygens (including phenoxy) is 1. The van der Waals surface area contributed by atoms with Crippen molar-refractivity contribution in [2.45, 2.75) is 32.4 Å². The third-order valence-electron chi connectivity index (χ3n) is 4.72. The Hall–Kier alpha value is -1.16. The Morgan fingerprint density at radius 1 is 1.32 bits per heavy atom. The van der Waals surface area contributed by atoms with Crippen LogP contribution in [0.25, 0.3) is 0 Å². The van der Waals surface area contributed by atoms with E-state index in [1.807, 2.05) is 13.8 Å². The van der Waals surface area contributed by atoms with Crippen LogP contribution in [0.15, 0.2) is 0 Å². The van der Waals surface area contributed by atoms with Gasteiger partial charge in [0.15, 0.2) is 0 Å². The number of carbonyl (C=O) groups excluding carboxylic acids is 1. The minimum Gasteiger partial charge on any atom is -0.378 e. The van der Waals surface area contributed by atoms with Gasteiger partial charge in [-0.3, -0.25) is 9.69 Å². The number of carbonyl (C=O) groups is 1. The molecular formula is C16H28N4O2. The monoisotopic (exact) mass is 308 g/mol. The van der Waals surface area contributed by atoms with E-state index in [4.69, 9.17) is 4.74 Å². The summed E-state index contributed by atoms with van der Waals surface area (Å²) >= 11 is 0. The van der Waals surface area contributed by atoms with Crippen molar-refractivity contribution < 1.29 is 9.53 Å². The SMILES string of the molecule is CC(C)C(=O)N(C)C(C#N)CCN1CCN(C2COC2)CC1. The van der Waals surface area contributed by atoms with Gasteiger partial charge < -0.3 is 14.5 Å². The highest BCUT2D eigenvalue weighted by Gasteiger charge is 2.29. The van der Waals surface area contributed by atoms with E-state index in [2.05, 4.69) is 15.9 Å². The summed E-state index contributed by atoms with van der Waals surface area (Å²) in [5.41, 5.74) is 0. The Balaban J connectivity index is 1.72. The van der Waals surface area contributed by atoms with Gasteiger partial charge in [0.2, 0.25) is 5.91 Å². The van der Waals surface area contributed by atoms with Crippen LogP contribution < -0.4 is 0 Å². The summed E-state index contributed by atoms with van der Waals surface area (Å²) in [7, 11) is 1.74. The molecule has 0 saturated carbocycles. The molecule has 2 aliphatic heterocycles. The molecule has 0 aromatic rings. The molecule has 2 aliphatic rings. The topological polar surface area (TPSA) is 59.8 Å². The molecular weight excluding hydrogens is 280 g/mol. The molecule has 1 unspecified atom stereocenters. The first kappa shape index (κ1) is 17.2. The predicted octanol–water partition coefficient (Wildman–Crippen LogP) is 0.399. The molecule has 124 valence electrons. The maximum Gasteiger partial charge on any atom is 0.225 e. The summed E-state index contributed by atoms with van der Waals surface area (Å²) in [6, 6.07) is 2.56. The van der Waals surface area contributed by atoms with Gasteiger partial charge in [0.1, 0.15) is 6.04 Å². The van der Waals surface area contributed by atoms with Crippen molar-refractivity contribution in [1.29, 1.82) is 5.26 Å². The van der Waals surface area contributed by atoms with Crippen LogP contribution in [0.4, 0.5) is 0 Å². The lowest BCUT2D eigenvalue weighted by Gasteiger charge is -2.42. The molecule has 0 N–H and O–H groups in total. The van der Waals surface area contributed by atoms with Gasteiger partial charge in [-0.15, -0.1) is 0 Å². The highest BCUT2D eigenvalue weighted by molar-refractivity contribution is 5.78. The van der Waals surface area contributed by atoms with Gasteiger partial charge >= 0.3 is 0 Å². The third-order valence-corrected chi connectivity index (χ3v) is 4.72. The van der Waals surface area contributed by atoms with Crippen molar-refractivity contribution in [3.05, 3.63) is 0 Å². The second-order valence-corrected chi connectivity index (χ2v) is 6.61. The molecule has 1 amide bonds. The first-order valence-corrected chi connectivity index (χ1v) is 8.23. The molecule has 0 radical (unpaired) electrons. The van der Waals surface area contributed by atoms with Gasteiger partial charge in [-0.1, -0.05) is 13.8 Å². The van der Waals surface area contributed by atoms with E-state index in [-0.39, 0.29) is 17.9 Å². The normalized spacial score (nSPS) is 22.1. The molecule has 0 spiro atoms. The van der Waals surface area contributed by atoms with Crippen LogP contribution in [0, 0.1) is 17.2 Å². The first-order valence-electron chi connectivity index (χ1n) is 8.23. The summed E-state index contributed by atoms with van der Waals surface area (Å²) in [5.74, 6) is -0.0181. The Morgan fingerprint density at radius 2 is 1.95 bits per heavy atom. The lowest BCUT2D eigenvalue weighted by Crippen LogP contribution is -2.56. The number of nitriles is 1. The van der Waals surface area contributed by atoms with Gasteiger partial charge in [0.25, 0.3) is 0 Å². The number of piperazine rings is 1. The highest BCUT2D eigenvalue weighted by Crippen LogP contribution is 2.14. The van der Waals surface area contributed by atoms with E-state index in [9.17, 15) is 10.1 Å². The second-order valence-electron chi connectivity index (χ2n) is 6.61. The molecule has 2 fully saturated rings. The van der Waals surface area contributed by atoms with Crippen molar-refractivity contribution in [1.82, 2.24) is 14.7 Å². The van der Waals surface area contributed by atoms with Crippen LogP contribution in [0.5, 0.6) is 0 Å². The summed E-state index contributed by atoms with van der Waals surface area (Å²) < 4.78 is 5.25. The molecule has 2 heterocycles. The smallest absolute Gasteiger partial charge is 0.225 e. The van der Waals surface area contributed by atoms with Crippen molar-refractivity contribution in [3.63, 3.8) is 0 Å². The van der Waals surface area contributed by atoms with Crippen molar-refractivity contribution in [3.8, 4) is 6.07 Å². The molecule has 0 bridgehead atoms. The molecule has 1 atom stereocenters. The van der Waals surface area contributed by atoms with Crippen LogP contribution in [-0.2, 0) is 9.53 Å². The lowest BCUT2D eigenvalue weighted by atomic mass is 10.1. The average molecular weight is 308 g/mol. The lowest BCUT2D eigenvalue weighted by molar-refractivity contribution is -0.134. The second kappa shape index (κ2) is 7.91. The molecule has 2 rings (SSSR count). The fourth-order valence-electron chi connectivity index (χ4n) is 3.00. The molecule has 6 nitrogen and oxygen atoms in total. The quantitative estimate of drug-likeness (QED) is 0.711. The minimum atomic E-state index is -0.326. The number of rotatable bonds is 6. The number of amides is 1. The minimum absolute atomic E-state index is 0.0429. The summed E-state index contributed by atoms with van der Waals surface area (Å²) in [4.78, 5) is 18.5. The number of hydrogen-bond donors (Lipinski definition) is 0. The van der Waals surface area contributed by atoms with Crippen LogP contribution in [-0.4, -0.2) is 85.7 Å². The largest absolute Gasteiger partial charge is 0.378 e. The van der Waals surface area contributed by atoms with Crippen LogP contribution in [0.3, 0.4) is 0 Å². The maximum atomic E-state index is 12.0. The Labute approximate surface area is 133 Å². The Kier molecular flexibility index (Phi) is 6.18. The molecule has 2 saturated heterocycles. The maximum absolute atomic E-state index is 12.0. The first-order chi connectivity index (χ1) is 10.5. The Bertz CT molecular complexity index is 409. The Morgan fingerprint density at radius 3 is 2.41 bits per heavy atom. The standard InChI is InChI=1S/C16H28N4O2/c1-13(2)16(21)18(3)14(10-17)4-5-19-6-8-20(9-7-19)15-11-22-12-15/h13-15H,4-9,11-12H2,1-3H3. The summed E-state index contributed by atoms with van der Waals surface area (Å²) in [5, 5.41) is 9.33. The van der Waals surface area contributed by atoms with Crippen LogP contribution >= 0.6 is 0 Å². The van der Waals surface area contributed by atoms with Gasteiger partial charge in [0, 0.05) is 45.7 Å². The van der Waals surface area contributed by atoms with Gasteiger partial charge in [-0.2, -0.15) is 5.26 Å². The zero-order chi connectivity index (χ0) is 16.1. The molecule has 22 heavy (non-hydrogen) atoms. The molecule has 0 aromatic heterocycles. The highest BCUT2D eigenvalue weighted by atomic mass is 16.5. The summed E-state index contributed by atoms with van der Waals surface area (Å²) in [6.07, 6.45) is 0.720. The van der Waals surface area contributed by atoms with Crippen molar-refractivity contribution >= 4 is 5.91 Å². The van der Waals surface area contributed by atoms with Gasteiger partial charge in [-0.05, 0) is 6.42 Å². The third kappa shape index (κ3) is 4.19. The van der Waals surface area contributed by atoms with Crippen molar-refractivity contribution in [2.24, 2.45) is 5.92 Å². The molecule has 0 aromatic carbocycles. The fourth-order valence-corrected chi connectivity index (χ4v) is 3.00. The zero-order valence-corrected chi connectivity index (χ0v) is 14.0. The van der Waals surface area contributed by atoms with E-state index in [0.717, 1.165) is 52.4 Å². The number of hydrogen-bond acceptors (Lipinski definition) is 5. The summed E-state index contributed by atoms with van der Waals surface area (Å²) in [6.45, 7) is 10.6. The van der Waals surface area contributed by atoms with Gasteiger partial charge in [-0.25, -0.2) is 0 Å². The molecule has 0 aliphatic carbocycles. The number of nitrogens with zero attached hydrogens (tertiary/aromatic N) is 4. The fraction of sp³-hybridized carbons (Fsp3) is 0.875. The van der Waals surface area contributed by atoms with Crippen LogP contribution in [0.1, 0.15) is 20.3 Å².